The van der Waals surface area contributed by atoms with Gasteiger partial charge in [-0.15, -0.1) is 0 Å². The Bertz CT molecular complexity index is 302. The largest absolute Gasteiger partial charge is 0.475 e. The van der Waals surface area contributed by atoms with E-state index >= 15 is 0 Å². The fourth-order valence-corrected chi connectivity index (χ4v) is 0.951. The van der Waals surface area contributed by atoms with Crippen LogP contribution in [-0.2, 0) is 0 Å². The zero-order valence-corrected chi connectivity index (χ0v) is 6.79. The summed E-state index contributed by atoms with van der Waals surface area (Å²) in [5.74, 6) is -1.45. The molecule has 0 amide bonds. The summed E-state index contributed by atoms with van der Waals surface area (Å²) in [4.78, 5) is 20.4. The van der Waals surface area contributed by atoms with Crippen molar-refractivity contribution in [3.63, 3.8) is 0 Å². The number of furan rings is 1. The van der Waals surface area contributed by atoms with E-state index in [0.29, 0.717) is 6.29 Å². The molecule has 58 valence electrons. The van der Waals surface area contributed by atoms with E-state index in [1.165, 1.54) is 0 Å². The second-order valence-electron chi connectivity index (χ2n) is 1.76. The molecule has 0 aliphatic carbocycles. The molecule has 4 nitrogen and oxygen atoms in total. The first kappa shape index (κ1) is 8.00. The molecule has 0 aromatic carbocycles. The molecule has 1 aromatic rings. The van der Waals surface area contributed by atoms with Gasteiger partial charge in [0.1, 0.15) is 0 Å². The van der Waals surface area contributed by atoms with Crippen molar-refractivity contribution in [3.8, 4) is 0 Å². The van der Waals surface area contributed by atoms with Gasteiger partial charge in [0.15, 0.2) is 11.0 Å². The quantitative estimate of drug-likeness (QED) is 0.766. The number of carbonyl (C=O) groups excluding carboxylic acids is 1. The van der Waals surface area contributed by atoms with Gasteiger partial charge in [-0.3, -0.25) is 4.79 Å². The standard InChI is InChI=1S/C6H3BrO4/c7-5-3(2-8)1-4(11-5)6(9)10/h1-2H,(H,9,10). The number of carbonyl (C=O) groups is 2. The van der Waals surface area contributed by atoms with Crippen molar-refractivity contribution >= 4 is 28.2 Å². The number of aldehydes is 1. The Morgan fingerprint density at radius 1 is 1.73 bits per heavy atom. The van der Waals surface area contributed by atoms with Gasteiger partial charge in [0.05, 0.1) is 5.56 Å². The Morgan fingerprint density at radius 2 is 2.36 bits per heavy atom. The third-order valence-electron chi connectivity index (χ3n) is 1.05. The van der Waals surface area contributed by atoms with Gasteiger partial charge in [0.25, 0.3) is 0 Å². The molecule has 0 aliphatic rings. The van der Waals surface area contributed by atoms with E-state index in [2.05, 4.69) is 20.3 Å². The van der Waals surface area contributed by atoms with E-state index in [1.54, 1.807) is 0 Å². The van der Waals surface area contributed by atoms with Crippen LogP contribution in [0.2, 0.25) is 0 Å². The Hall–Kier alpha value is -1.10. The first-order valence-corrected chi connectivity index (χ1v) is 3.42. The summed E-state index contributed by atoms with van der Waals surface area (Å²) in [6.07, 6.45) is 0.514. The molecule has 5 heteroatoms. The third-order valence-corrected chi connectivity index (χ3v) is 1.67. The zero-order chi connectivity index (χ0) is 8.43. The van der Waals surface area contributed by atoms with Crippen LogP contribution in [0.3, 0.4) is 0 Å². The summed E-state index contributed by atoms with van der Waals surface area (Å²) >= 11 is 2.88. The minimum absolute atomic E-state index is 0.143. The van der Waals surface area contributed by atoms with Gasteiger partial charge in [-0.25, -0.2) is 4.79 Å². The molecule has 0 atom stereocenters. The fraction of sp³-hybridized carbons (Fsp3) is 0. The highest BCUT2D eigenvalue weighted by molar-refractivity contribution is 9.10. The smallest absolute Gasteiger partial charge is 0.371 e. The van der Waals surface area contributed by atoms with Gasteiger partial charge >= 0.3 is 5.97 Å². The van der Waals surface area contributed by atoms with Crippen LogP contribution < -0.4 is 0 Å². The minimum Gasteiger partial charge on any atom is -0.475 e. The van der Waals surface area contributed by atoms with Crippen molar-refractivity contribution in [2.75, 3.05) is 0 Å². The van der Waals surface area contributed by atoms with Gasteiger partial charge in [-0.2, -0.15) is 0 Å². The van der Waals surface area contributed by atoms with E-state index in [-0.39, 0.29) is 16.0 Å². The number of rotatable bonds is 2. The Kier molecular flexibility index (Phi) is 2.09. The monoisotopic (exact) mass is 218 g/mol. The highest BCUT2D eigenvalue weighted by atomic mass is 79.9. The molecule has 1 N–H and O–H groups in total. The molecular weight excluding hydrogens is 216 g/mol. The first-order chi connectivity index (χ1) is 5.15. The predicted octanol–water partition coefficient (Wildman–Crippen LogP) is 1.55. The molecule has 0 fully saturated rings. The van der Waals surface area contributed by atoms with Crippen LogP contribution in [0, 0.1) is 0 Å². The second kappa shape index (κ2) is 2.87. The minimum atomic E-state index is -1.20. The molecule has 0 aliphatic heterocycles. The zero-order valence-electron chi connectivity index (χ0n) is 5.20. The molecule has 0 saturated heterocycles. The summed E-state index contributed by atoms with van der Waals surface area (Å²) in [5, 5.41) is 8.39. The molecule has 1 aromatic heterocycles. The van der Waals surface area contributed by atoms with E-state index in [9.17, 15) is 9.59 Å². The van der Waals surface area contributed by atoms with Crippen LogP contribution in [0.15, 0.2) is 15.2 Å². The summed E-state index contributed by atoms with van der Waals surface area (Å²) in [6.45, 7) is 0. The van der Waals surface area contributed by atoms with Crippen molar-refractivity contribution in [2.24, 2.45) is 0 Å². The first-order valence-electron chi connectivity index (χ1n) is 2.63. The van der Waals surface area contributed by atoms with E-state index in [0.717, 1.165) is 6.07 Å². The number of hydrogen-bond donors (Lipinski definition) is 1. The van der Waals surface area contributed by atoms with Crippen molar-refractivity contribution in [1.29, 1.82) is 0 Å². The Labute approximate surface area is 69.9 Å². The Balaban J connectivity index is 3.14. The van der Waals surface area contributed by atoms with Crippen LogP contribution in [0.25, 0.3) is 0 Å². The van der Waals surface area contributed by atoms with E-state index in [4.69, 9.17) is 5.11 Å². The fourth-order valence-electron chi connectivity index (χ4n) is 0.569. The molecular formula is C6H3BrO4. The maximum Gasteiger partial charge on any atom is 0.371 e. The second-order valence-corrected chi connectivity index (χ2v) is 2.48. The molecule has 0 bridgehead atoms. The van der Waals surface area contributed by atoms with E-state index in [1.807, 2.05) is 0 Å². The van der Waals surface area contributed by atoms with Gasteiger partial charge in [-0.05, 0) is 15.9 Å². The van der Waals surface area contributed by atoms with Crippen molar-refractivity contribution < 1.29 is 19.1 Å². The number of carboxylic acid groups (broad SMARTS) is 1. The van der Waals surface area contributed by atoms with Gasteiger partial charge in [-0.1, -0.05) is 0 Å². The normalized spacial score (nSPS) is 9.55. The summed E-state index contributed by atoms with van der Waals surface area (Å²) < 4.78 is 4.80. The topological polar surface area (TPSA) is 67.5 Å². The van der Waals surface area contributed by atoms with Crippen molar-refractivity contribution in [3.05, 3.63) is 22.1 Å². The summed E-state index contributed by atoms with van der Waals surface area (Å²) in [7, 11) is 0. The number of aromatic carboxylic acids is 1. The summed E-state index contributed by atoms with van der Waals surface area (Å²) in [6, 6.07) is 1.15. The van der Waals surface area contributed by atoms with Crippen LogP contribution >= 0.6 is 15.9 Å². The lowest BCUT2D eigenvalue weighted by Gasteiger charge is -1.81. The molecule has 0 spiro atoms. The third kappa shape index (κ3) is 1.48. The van der Waals surface area contributed by atoms with Crippen LogP contribution in [-0.4, -0.2) is 17.4 Å². The number of hydrogen-bond acceptors (Lipinski definition) is 3. The lowest BCUT2D eigenvalue weighted by molar-refractivity contribution is 0.0661. The van der Waals surface area contributed by atoms with E-state index < -0.39 is 5.97 Å². The molecule has 0 saturated carbocycles. The molecule has 11 heavy (non-hydrogen) atoms. The molecule has 1 heterocycles. The predicted molar refractivity (Wildman–Crippen MR) is 38.8 cm³/mol. The SMILES string of the molecule is O=Cc1cc(C(=O)O)oc1Br. The van der Waals surface area contributed by atoms with Crippen molar-refractivity contribution in [1.82, 2.24) is 0 Å². The van der Waals surface area contributed by atoms with Gasteiger partial charge in [0.2, 0.25) is 5.76 Å². The molecule has 0 radical (unpaired) electrons. The van der Waals surface area contributed by atoms with Crippen LogP contribution in [0.5, 0.6) is 0 Å². The lowest BCUT2D eigenvalue weighted by Crippen LogP contribution is -1.91. The van der Waals surface area contributed by atoms with Crippen molar-refractivity contribution in [2.45, 2.75) is 0 Å². The lowest BCUT2D eigenvalue weighted by atomic mass is 10.3. The average molecular weight is 219 g/mol. The maximum absolute atomic E-state index is 10.3. The van der Waals surface area contributed by atoms with Gasteiger partial charge < -0.3 is 9.52 Å². The summed E-state index contributed by atoms with van der Waals surface area (Å²) in [5.41, 5.74) is 0.197. The number of carboxylic acids is 1. The number of halogens is 1. The van der Waals surface area contributed by atoms with Crippen LogP contribution in [0.4, 0.5) is 0 Å². The maximum atomic E-state index is 10.3. The average Bonchev–Trinajstić information content (AvgIpc) is 2.31. The highest BCUT2D eigenvalue weighted by Crippen LogP contribution is 2.19. The van der Waals surface area contributed by atoms with Gasteiger partial charge in [0, 0.05) is 6.07 Å². The Morgan fingerprint density at radius 3 is 2.64 bits per heavy atom. The molecule has 1 rings (SSSR count). The highest BCUT2D eigenvalue weighted by Gasteiger charge is 2.12. The molecule has 0 unspecified atom stereocenters. The van der Waals surface area contributed by atoms with Crippen LogP contribution in [0.1, 0.15) is 20.9 Å².